The first kappa shape index (κ1) is 21.5. The molecule has 0 aromatic heterocycles. The average molecular weight is 349 g/mol. The lowest BCUT2D eigenvalue weighted by atomic mass is 9.76. The summed E-state index contributed by atoms with van der Waals surface area (Å²) in [5, 5.41) is 20.2. The monoisotopic (exact) mass is 348 g/mol. The summed E-state index contributed by atoms with van der Waals surface area (Å²) in [4.78, 5) is 11.4. The van der Waals surface area contributed by atoms with Gasteiger partial charge < -0.3 is 10.2 Å². The third-order valence-electron chi connectivity index (χ3n) is 4.80. The van der Waals surface area contributed by atoms with E-state index >= 15 is 0 Å². The number of unbranched alkanes of at least 4 members (excludes halogenated alkanes) is 2. The fourth-order valence-corrected chi connectivity index (χ4v) is 3.27. The van der Waals surface area contributed by atoms with E-state index in [1.165, 1.54) is 0 Å². The van der Waals surface area contributed by atoms with Crippen LogP contribution in [0.3, 0.4) is 0 Å². The van der Waals surface area contributed by atoms with Gasteiger partial charge in [-0.1, -0.05) is 79.9 Å². The number of carboxylic acid groups (broad SMARTS) is 1. The van der Waals surface area contributed by atoms with Crippen LogP contribution in [0.4, 0.5) is 0 Å². The van der Waals surface area contributed by atoms with E-state index in [4.69, 9.17) is 0 Å². The van der Waals surface area contributed by atoms with Crippen LogP contribution in [-0.2, 0) is 15.6 Å². The number of rotatable bonds is 7. The van der Waals surface area contributed by atoms with Crippen molar-refractivity contribution in [2.75, 3.05) is 0 Å². The Bertz CT molecular complexity index is 553. The molecule has 142 valence electrons. The normalized spacial score (nSPS) is 13.7. The molecule has 3 nitrogen and oxygen atoms in total. The first-order valence-corrected chi connectivity index (χ1v) is 9.47. The summed E-state index contributed by atoms with van der Waals surface area (Å²) in [6.45, 7) is 14.7. The molecule has 3 heteroatoms. The third-order valence-corrected chi connectivity index (χ3v) is 4.80. The highest BCUT2D eigenvalue weighted by molar-refractivity contribution is 5.68. The maximum Gasteiger partial charge on any atom is 0.303 e. The number of hydrogen-bond donors (Lipinski definition) is 2. The Balaban J connectivity index is 3.45. The molecule has 2 N–H and O–H groups in total. The van der Waals surface area contributed by atoms with Gasteiger partial charge >= 0.3 is 5.97 Å². The van der Waals surface area contributed by atoms with Gasteiger partial charge in [0.25, 0.3) is 0 Å². The molecule has 0 radical (unpaired) electrons. The van der Waals surface area contributed by atoms with Crippen LogP contribution in [0, 0.1) is 0 Å². The molecule has 0 aliphatic rings. The Hall–Kier alpha value is -1.51. The Morgan fingerprint density at radius 1 is 1.00 bits per heavy atom. The van der Waals surface area contributed by atoms with E-state index in [0.29, 0.717) is 5.75 Å². The summed E-state index contributed by atoms with van der Waals surface area (Å²) in [5.74, 6) is -0.414. The molecule has 0 heterocycles. The molecular weight excluding hydrogens is 312 g/mol. The van der Waals surface area contributed by atoms with Crippen molar-refractivity contribution >= 4 is 5.97 Å². The van der Waals surface area contributed by atoms with Crippen molar-refractivity contribution in [1.29, 1.82) is 0 Å². The van der Waals surface area contributed by atoms with Gasteiger partial charge in [0, 0.05) is 0 Å². The minimum absolute atomic E-state index is 0.00755. The van der Waals surface area contributed by atoms with E-state index in [9.17, 15) is 15.0 Å². The molecule has 0 saturated carbocycles. The largest absolute Gasteiger partial charge is 0.507 e. The van der Waals surface area contributed by atoms with Gasteiger partial charge in [-0.2, -0.15) is 0 Å². The summed E-state index contributed by atoms with van der Waals surface area (Å²) >= 11 is 0. The van der Waals surface area contributed by atoms with Crippen molar-refractivity contribution in [3.05, 3.63) is 28.8 Å². The van der Waals surface area contributed by atoms with E-state index in [1.54, 1.807) is 0 Å². The average Bonchev–Trinajstić information content (AvgIpc) is 2.43. The van der Waals surface area contributed by atoms with Crippen molar-refractivity contribution in [3.63, 3.8) is 0 Å². The van der Waals surface area contributed by atoms with Crippen molar-refractivity contribution in [1.82, 2.24) is 0 Å². The van der Waals surface area contributed by atoms with E-state index in [0.717, 1.165) is 42.4 Å². The number of phenols is 1. The van der Waals surface area contributed by atoms with E-state index < -0.39 is 5.97 Å². The number of carbonyl (C=O) groups is 1. The second kappa shape index (κ2) is 8.25. The van der Waals surface area contributed by atoms with Crippen molar-refractivity contribution in [3.8, 4) is 5.75 Å². The zero-order valence-electron chi connectivity index (χ0n) is 17.1. The van der Waals surface area contributed by atoms with Crippen molar-refractivity contribution in [2.24, 2.45) is 0 Å². The Morgan fingerprint density at radius 2 is 1.48 bits per heavy atom. The SMILES string of the molecule is CCCCCC(CC(=O)O)c1cc(C(C)(C)C)c(O)c(C(C)(C)C)c1. The fraction of sp³-hybridized carbons (Fsp3) is 0.682. The molecule has 0 aliphatic carbocycles. The molecular formula is C22H36O3. The first-order chi connectivity index (χ1) is 11.4. The maximum absolute atomic E-state index is 11.4. The van der Waals surface area contributed by atoms with Gasteiger partial charge in [0.1, 0.15) is 5.75 Å². The predicted molar refractivity (Wildman–Crippen MR) is 105 cm³/mol. The lowest BCUT2D eigenvalue weighted by molar-refractivity contribution is -0.137. The van der Waals surface area contributed by atoms with Crippen LogP contribution in [0.5, 0.6) is 5.75 Å². The molecule has 0 aliphatic heterocycles. The summed E-state index contributed by atoms with van der Waals surface area (Å²) in [5.41, 5.74) is 2.46. The molecule has 1 aromatic rings. The van der Waals surface area contributed by atoms with Crippen LogP contribution < -0.4 is 0 Å². The van der Waals surface area contributed by atoms with Crippen LogP contribution in [0.15, 0.2) is 12.1 Å². The lowest BCUT2D eigenvalue weighted by Gasteiger charge is -2.29. The fourth-order valence-electron chi connectivity index (χ4n) is 3.27. The molecule has 25 heavy (non-hydrogen) atoms. The van der Waals surface area contributed by atoms with Crippen LogP contribution >= 0.6 is 0 Å². The van der Waals surface area contributed by atoms with Gasteiger partial charge in [-0.3, -0.25) is 4.79 Å². The van der Waals surface area contributed by atoms with Gasteiger partial charge in [-0.25, -0.2) is 0 Å². The molecule has 0 amide bonds. The zero-order valence-corrected chi connectivity index (χ0v) is 17.1. The highest BCUT2D eigenvalue weighted by atomic mass is 16.4. The number of phenolic OH excluding ortho intramolecular Hbond substituents is 1. The highest BCUT2D eigenvalue weighted by Crippen LogP contribution is 2.42. The Kier molecular flexibility index (Phi) is 7.10. The molecule has 0 spiro atoms. The van der Waals surface area contributed by atoms with Gasteiger partial charge in [0.15, 0.2) is 0 Å². The zero-order chi connectivity index (χ0) is 19.4. The van der Waals surface area contributed by atoms with Gasteiger partial charge in [0.05, 0.1) is 6.42 Å². The van der Waals surface area contributed by atoms with Crippen molar-refractivity contribution < 1.29 is 15.0 Å². The predicted octanol–water partition coefficient (Wildman–Crippen LogP) is 6.13. The number of aromatic hydroxyl groups is 1. The van der Waals surface area contributed by atoms with Crippen molar-refractivity contribution in [2.45, 2.75) is 97.3 Å². The quantitative estimate of drug-likeness (QED) is 0.583. The van der Waals surface area contributed by atoms with Crippen LogP contribution in [0.1, 0.15) is 103 Å². The number of aliphatic carboxylic acids is 1. The summed E-state index contributed by atoms with van der Waals surface area (Å²) in [6.07, 6.45) is 4.28. The van der Waals surface area contributed by atoms with E-state index in [2.05, 4.69) is 48.5 Å². The second-order valence-corrected chi connectivity index (χ2v) is 9.26. The van der Waals surface area contributed by atoms with E-state index in [-0.39, 0.29) is 23.2 Å². The minimum Gasteiger partial charge on any atom is -0.507 e. The Labute approximate surface area is 153 Å². The topological polar surface area (TPSA) is 57.5 Å². The standard InChI is InChI=1S/C22H36O3/c1-8-9-10-11-15(14-19(23)24)16-12-17(21(2,3)4)20(25)18(13-16)22(5,6)7/h12-13,15,25H,8-11,14H2,1-7H3,(H,23,24). The lowest BCUT2D eigenvalue weighted by Crippen LogP contribution is -2.19. The second-order valence-electron chi connectivity index (χ2n) is 9.26. The molecule has 1 rings (SSSR count). The molecule has 0 bridgehead atoms. The maximum atomic E-state index is 11.4. The molecule has 0 fully saturated rings. The Morgan fingerprint density at radius 3 is 1.84 bits per heavy atom. The highest BCUT2D eigenvalue weighted by Gasteiger charge is 2.28. The molecule has 1 unspecified atom stereocenters. The first-order valence-electron chi connectivity index (χ1n) is 9.47. The summed E-state index contributed by atoms with van der Waals surface area (Å²) in [7, 11) is 0. The minimum atomic E-state index is -0.760. The van der Waals surface area contributed by atoms with E-state index in [1.807, 2.05) is 12.1 Å². The number of carboxylic acids is 1. The molecule has 1 atom stereocenters. The number of benzene rings is 1. The summed E-state index contributed by atoms with van der Waals surface area (Å²) < 4.78 is 0. The molecule has 0 saturated heterocycles. The van der Waals surface area contributed by atoms with Crippen LogP contribution in [0.25, 0.3) is 0 Å². The van der Waals surface area contributed by atoms with Gasteiger partial charge in [-0.05, 0) is 39.9 Å². The van der Waals surface area contributed by atoms with Gasteiger partial charge in [-0.15, -0.1) is 0 Å². The number of hydrogen-bond acceptors (Lipinski definition) is 2. The third kappa shape index (κ3) is 6.05. The van der Waals surface area contributed by atoms with Gasteiger partial charge in [0.2, 0.25) is 0 Å². The summed E-state index contributed by atoms with van der Waals surface area (Å²) in [6, 6.07) is 4.06. The van der Waals surface area contributed by atoms with Crippen LogP contribution in [0.2, 0.25) is 0 Å². The smallest absolute Gasteiger partial charge is 0.303 e. The molecule has 1 aromatic carbocycles. The van der Waals surface area contributed by atoms with Crippen LogP contribution in [-0.4, -0.2) is 16.2 Å².